The van der Waals surface area contributed by atoms with E-state index in [1.165, 1.54) is 10.5 Å². The third-order valence-corrected chi connectivity index (χ3v) is 6.35. The van der Waals surface area contributed by atoms with Gasteiger partial charge in [0.2, 0.25) is 0 Å². The standard InChI is InChI=1S/C25H22N6O4/c1-15-11-23(31(33)34)22(29-7-9-35-10-8-29)12-20(15)27-14-18-16(2)17(13-26)24-28-19-5-3-4-6-21(19)30(24)25(18)32/h3-6,11-12,14,27H,7-10H2,1-2H3. The van der Waals surface area contributed by atoms with Gasteiger partial charge in [-0.3, -0.25) is 19.3 Å². The van der Waals surface area contributed by atoms with Crippen molar-refractivity contribution in [3.05, 3.63) is 78.8 Å². The lowest BCUT2D eigenvalue weighted by molar-refractivity contribution is -0.384. The van der Waals surface area contributed by atoms with Crippen LogP contribution >= 0.6 is 0 Å². The summed E-state index contributed by atoms with van der Waals surface area (Å²) in [7, 11) is 0. The molecule has 10 nitrogen and oxygen atoms in total. The smallest absolute Gasteiger partial charge is 0.292 e. The summed E-state index contributed by atoms with van der Waals surface area (Å²) < 4.78 is 6.84. The number of morpholine rings is 1. The molecule has 10 heteroatoms. The highest BCUT2D eigenvalue weighted by Gasteiger charge is 2.23. The first-order chi connectivity index (χ1) is 16.9. The van der Waals surface area contributed by atoms with Crippen molar-refractivity contribution in [2.24, 2.45) is 0 Å². The molecule has 4 aromatic rings. The third-order valence-electron chi connectivity index (χ3n) is 6.35. The number of hydrogen-bond acceptors (Lipinski definition) is 8. The highest BCUT2D eigenvalue weighted by atomic mass is 16.6. The molecule has 3 heterocycles. The lowest BCUT2D eigenvalue weighted by atomic mass is 10.1. The van der Waals surface area contributed by atoms with Gasteiger partial charge in [0, 0.05) is 31.0 Å². The number of nitro groups is 1. The summed E-state index contributed by atoms with van der Waals surface area (Å²) in [6.45, 7) is 5.57. The molecular weight excluding hydrogens is 448 g/mol. The van der Waals surface area contributed by atoms with Crippen LogP contribution in [0.4, 0.5) is 17.1 Å². The number of anilines is 2. The zero-order chi connectivity index (χ0) is 24.7. The monoisotopic (exact) mass is 470 g/mol. The molecule has 1 saturated heterocycles. The maximum atomic E-state index is 13.5. The van der Waals surface area contributed by atoms with Gasteiger partial charge in [0.15, 0.2) is 5.65 Å². The van der Waals surface area contributed by atoms with Gasteiger partial charge in [0.1, 0.15) is 11.8 Å². The van der Waals surface area contributed by atoms with Gasteiger partial charge >= 0.3 is 0 Å². The summed E-state index contributed by atoms with van der Waals surface area (Å²) >= 11 is 0. The van der Waals surface area contributed by atoms with Crippen LogP contribution in [0.15, 0.2) is 41.2 Å². The number of benzene rings is 2. The van der Waals surface area contributed by atoms with E-state index >= 15 is 0 Å². The maximum Gasteiger partial charge on any atom is 0.292 e. The third kappa shape index (κ3) is 3.72. The first kappa shape index (κ1) is 22.3. The molecule has 1 aliphatic rings. The number of para-hydroxylation sites is 2. The number of fused-ring (bicyclic) bond motifs is 3. The van der Waals surface area contributed by atoms with Crippen molar-refractivity contribution in [1.82, 2.24) is 9.38 Å². The van der Waals surface area contributed by atoms with E-state index in [0.29, 0.717) is 76.3 Å². The number of pyridine rings is 1. The summed E-state index contributed by atoms with van der Waals surface area (Å²) in [6, 6.07) is 12.7. The molecule has 0 spiro atoms. The Labute approximate surface area is 199 Å². The van der Waals surface area contributed by atoms with E-state index in [-0.39, 0.29) is 16.2 Å². The van der Waals surface area contributed by atoms with E-state index in [2.05, 4.69) is 16.4 Å². The SMILES string of the molecule is Cc1cc([N+](=O)[O-])c(N2CCOCC2)cc1NC=c1c(C)c(C#N)c2nc3ccccc3n2c1=O. The predicted molar refractivity (Wildman–Crippen MR) is 133 cm³/mol. The number of aromatic nitrogens is 2. The summed E-state index contributed by atoms with van der Waals surface area (Å²) in [4.78, 5) is 31.2. The van der Waals surface area contributed by atoms with Gasteiger partial charge < -0.3 is 15.0 Å². The lowest BCUT2D eigenvalue weighted by Gasteiger charge is -2.29. The minimum Gasteiger partial charge on any atom is -0.378 e. The van der Waals surface area contributed by atoms with Crippen LogP contribution in [0, 0.1) is 35.3 Å². The molecule has 0 radical (unpaired) electrons. The number of hydrogen-bond donors (Lipinski definition) is 1. The molecule has 0 saturated carbocycles. The Morgan fingerprint density at radius 1 is 1.23 bits per heavy atom. The zero-order valence-corrected chi connectivity index (χ0v) is 19.2. The average Bonchev–Trinajstić information content (AvgIpc) is 3.24. The normalized spacial score (nSPS) is 14.4. The van der Waals surface area contributed by atoms with Gasteiger partial charge in [-0.2, -0.15) is 5.26 Å². The van der Waals surface area contributed by atoms with Crippen LogP contribution in [-0.4, -0.2) is 40.6 Å². The number of nitro benzene ring substituents is 1. The van der Waals surface area contributed by atoms with Crippen LogP contribution in [0.1, 0.15) is 16.7 Å². The molecule has 1 fully saturated rings. The lowest BCUT2D eigenvalue weighted by Crippen LogP contribution is -2.36. The van der Waals surface area contributed by atoms with Crippen LogP contribution in [0.25, 0.3) is 22.9 Å². The number of nitrogens with zero attached hydrogens (tertiary/aromatic N) is 5. The summed E-state index contributed by atoms with van der Waals surface area (Å²) in [5, 5.41) is 25.0. The molecule has 2 aromatic carbocycles. The number of nitriles is 1. The first-order valence-corrected chi connectivity index (χ1v) is 11.1. The van der Waals surface area contributed by atoms with E-state index in [9.17, 15) is 20.2 Å². The van der Waals surface area contributed by atoms with E-state index in [1.807, 2.05) is 17.0 Å². The Bertz CT molecular complexity index is 1650. The van der Waals surface area contributed by atoms with Crippen molar-refractivity contribution in [2.75, 3.05) is 36.5 Å². The van der Waals surface area contributed by atoms with Crippen molar-refractivity contribution >= 4 is 39.9 Å². The van der Waals surface area contributed by atoms with Gasteiger partial charge in [-0.15, -0.1) is 0 Å². The minimum absolute atomic E-state index is 0.0220. The molecule has 35 heavy (non-hydrogen) atoms. The molecule has 0 atom stereocenters. The average molecular weight is 470 g/mol. The highest BCUT2D eigenvalue weighted by molar-refractivity contribution is 5.83. The topological polar surface area (TPSA) is 126 Å². The van der Waals surface area contributed by atoms with E-state index < -0.39 is 0 Å². The van der Waals surface area contributed by atoms with Crippen LogP contribution in [0.3, 0.4) is 0 Å². The minimum atomic E-state index is -0.386. The summed E-state index contributed by atoms with van der Waals surface area (Å²) in [5.74, 6) is 0. The molecule has 5 rings (SSSR count). The molecule has 176 valence electrons. The Morgan fingerprint density at radius 3 is 2.69 bits per heavy atom. The van der Waals surface area contributed by atoms with Gasteiger partial charge in [0.25, 0.3) is 11.2 Å². The summed E-state index contributed by atoms with van der Waals surface area (Å²) in [5.41, 5.74) is 3.92. The maximum absolute atomic E-state index is 13.5. The van der Waals surface area contributed by atoms with E-state index in [4.69, 9.17) is 4.74 Å². The summed E-state index contributed by atoms with van der Waals surface area (Å²) in [6.07, 6.45) is 1.56. The van der Waals surface area contributed by atoms with Gasteiger partial charge in [0.05, 0.1) is 40.0 Å². The second-order valence-corrected chi connectivity index (χ2v) is 8.39. The van der Waals surface area contributed by atoms with Gasteiger partial charge in [-0.1, -0.05) is 12.1 Å². The zero-order valence-electron chi connectivity index (χ0n) is 19.2. The predicted octanol–water partition coefficient (Wildman–Crippen LogP) is 2.65. The van der Waals surface area contributed by atoms with E-state index in [1.54, 1.807) is 38.2 Å². The van der Waals surface area contributed by atoms with Gasteiger partial charge in [-0.25, -0.2) is 4.98 Å². The fraction of sp³-hybridized carbons (Fsp3) is 0.240. The largest absolute Gasteiger partial charge is 0.378 e. The van der Waals surface area contributed by atoms with E-state index in [0.717, 1.165) is 0 Å². The Kier molecular flexibility index (Phi) is 5.55. The van der Waals surface area contributed by atoms with Crippen molar-refractivity contribution in [3.8, 4) is 6.07 Å². The number of imidazole rings is 1. The second-order valence-electron chi connectivity index (χ2n) is 8.39. The van der Waals surface area contributed by atoms with Crippen LogP contribution in [0.2, 0.25) is 0 Å². The molecule has 0 unspecified atom stereocenters. The van der Waals surface area contributed by atoms with Crippen molar-refractivity contribution in [2.45, 2.75) is 13.8 Å². The molecule has 1 aliphatic heterocycles. The molecule has 1 N–H and O–H groups in total. The van der Waals surface area contributed by atoms with Crippen molar-refractivity contribution < 1.29 is 9.66 Å². The fourth-order valence-corrected chi connectivity index (χ4v) is 4.48. The van der Waals surface area contributed by atoms with Crippen LogP contribution < -0.4 is 21.0 Å². The Balaban J connectivity index is 1.67. The van der Waals surface area contributed by atoms with Gasteiger partial charge in [-0.05, 0) is 43.2 Å². The molecule has 0 amide bonds. The molecule has 2 aromatic heterocycles. The Morgan fingerprint density at radius 2 is 1.97 bits per heavy atom. The fourth-order valence-electron chi connectivity index (χ4n) is 4.48. The van der Waals surface area contributed by atoms with Crippen LogP contribution in [-0.2, 0) is 4.74 Å². The molecule has 0 aliphatic carbocycles. The Hall–Kier alpha value is -4.49. The molecular formula is C25H22N6O4. The number of nitrogens with one attached hydrogen (secondary N) is 1. The quantitative estimate of drug-likeness (QED) is 0.356. The highest BCUT2D eigenvalue weighted by Crippen LogP contribution is 2.34. The van der Waals surface area contributed by atoms with Crippen molar-refractivity contribution in [3.63, 3.8) is 0 Å². The second kappa shape index (κ2) is 8.70. The number of rotatable bonds is 4. The van der Waals surface area contributed by atoms with Crippen molar-refractivity contribution in [1.29, 1.82) is 5.26 Å². The number of aryl methyl sites for hydroxylation is 1. The molecule has 0 bridgehead atoms. The number of ether oxygens (including phenoxy) is 1. The first-order valence-electron chi connectivity index (χ1n) is 11.1. The van der Waals surface area contributed by atoms with Crippen LogP contribution in [0.5, 0.6) is 0 Å².